The molecule has 0 spiro atoms. The van der Waals surface area contributed by atoms with Crippen LogP contribution in [0.25, 0.3) is 0 Å². The number of aldehydes is 2. The number of hydrogen-bond donors (Lipinski definition) is 3. The number of hydrogen-bond acceptors (Lipinski definition) is 11. The Morgan fingerprint density at radius 2 is 0.984 bits per heavy atom. The fraction of sp³-hybridized carbons (Fsp3) is 0.904. The second kappa shape index (κ2) is 53.2. The van der Waals surface area contributed by atoms with Crippen molar-refractivity contribution < 1.29 is 28.9 Å². The first kappa shape index (κ1) is 63.7. The molecule has 1 atom stereocenters. The first-order valence-corrected chi connectivity index (χ1v) is 26.6. The number of nitrogens with one attached hydrogen (secondary N) is 1. The average Bonchev–Trinajstić information content (AvgIpc) is 3.74. The number of carbonyl (C=O) groups excluding carboxylic acids is 2. The molecule has 0 aliphatic carbocycles. The van der Waals surface area contributed by atoms with Crippen molar-refractivity contribution in [3.05, 3.63) is 5.69 Å². The molecule has 1 heterocycles. The summed E-state index contributed by atoms with van der Waals surface area (Å²) in [6.07, 6.45) is 46.4. The van der Waals surface area contributed by atoms with Crippen LogP contribution in [0.1, 0.15) is 258 Å². The van der Waals surface area contributed by atoms with Gasteiger partial charge in [0.15, 0.2) is 17.3 Å². The van der Waals surface area contributed by atoms with Crippen molar-refractivity contribution in [1.29, 1.82) is 0 Å². The minimum atomic E-state index is 0.0770. The average molecular weight is 909 g/mol. The van der Waals surface area contributed by atoms with E-state index in [0.717, 1.165) is 83.6 Å². The maximum Gasteiger partial charge on any atom is 0.199 e. The van der Waals surface area contributed by atoms with E-state index in [4.69, 9.17) is 15.2 Å². The predicted molar refractivity (Wildman–Crippen MR) is 269 cm³/mol. The van der Waals surface area contributed by atoms with Gasteiger partial charge < -0.3 is 29.7 Å². The fourth-order valence-electron chi connectivity index (χ4n) is 7.86. The van der Waals surface area contributed by atoms with Gasteiger partial charge in [0.1, 0.15) is 12.6 Å². The van der Waals surface area contributed by atoms with Gasteiger partial charge >= 0.3 is 0 Å². The Bertz CT molecular complexity index is 1070. The molecule has 0 saturated heterocycles. The maximum absolute atomic E-state index is 10.4. The molecule has 0 amide bonds. The summed E-state index contributed by atoms with van der Waals surface area (Å²) in [6, 6.07) is 0. The lowest BCUT2D eigenvalue weighted by molar-refractivity contribution is -0.108. The molecule has 0 aliphatic rings. The van der Waals surface area contributed by atoms with Crippen molar-refractivity contribution >= 4 is 24.2 Å². The zero-order valence-electron chi connectivity index (χ0n) is 42.7. The molecular weight excluding hydrogens is 805 g/mol. The summed E-state index contributed by atoms with van der Waals surface area (Å²) in [5.74, 6) is 0.231. The Morgan fingerprint density at radius 1 is 0.594 bits per heavy atom. The molecule has 12 heteroatoms. The number of nitrogens with two attached hydrogens (primary N) is 1. The number of ether oxygens (including phenoxy) is 2. The van der Waals surface area contributed by atoms with Gasteiger partial charge in [0.2, 0.25) is 0 Å². The fourth-order valence-corrected chi connectivity index (χ4v) is 7.86. The largest absolute Gasteiger partial charge is 0.381 e. The number of rotatable bonds is 45. The Labute approximate surface area is 394 Å². The normalized spacial score (nSPS) is 11.9. The van der Waals surface area contributed by atoms with Crippen LogP contribution in [0.4, 0.5) is 5.82 Å². The zero-order valence-corrected chi connectivity index (χ0v) is 42.7. The van der Waals surface area contributed by atoms with Crippen LogP contribution in [-0.4, -0.2) is 91.4 Å². The molecule has 4 N–H and O–H groups in total. The second-order valence-electron chi connectivity index (χ2n) is 17.8. The Morgan fingerprint density at radius 3 is 1.36 bits per heavy atom. The summed E-state index contributed by atoms with van der Waals surface area (Å²) in [5.41, 5.74) is 7.85. The van der Waals surface area contributed by atoms with Gasteiger partial charge in [-0.15, -0.1) is 0 Å². The van der Waals surface area contributed by atoms with Gasteiger partial charge in [-0.2, -0.15) is 0 Å². The van der Waals surface area contributed by atoms with Crippen molar-refractivity contribution in [2.75, 3.05) is 46.1 Å². The Hall–Kier alpha value is -2.41. The smallest absolute Gasteiger partial charge is 0.199 e. The monoisotopic (exact) mass is 909 g/mol. The SMILES string of the molecule is CCCCCCCCC(CC)OC.CCCCCCCCC(CCCCCCCC)OC.Nc1nonc1C(=NCCCN(CCCCCCCC=O)CCCCCCCC=O)NO. The summed E-state index contributed by atoms with van der Waals surface area (Å²) in [6.45, 7) is 12.6. The summed E-state index contributed by atoms with van der Waals surface area (Å²) in [7, 11) is 3.71. The highest BCUT2D eigenvalue weighted by Crippen LogP contribution is 2.17. The van der Waals surface area contributed by atoms with Gasteiger partial charge in [0, 0.05) is 33.6 Å². The van der Waals surface area contributed by atoms with Crippen molar-refractivity contribution in [3.8, 4) is 0 Å². The number of hydroxylamine groups is 1. The molecule has 0 radical (unpaired) electrons. The first-order valence-electron chi connectivity index (χ1n) is 26.6. The van der Waals surface area contributed by atoms with Gasteiger partial charge in [-0.25, -0.2) is 4.63 Å². The van der Waals surface area contributed by atoms with Crippen LogP contribution in [0, 0.1) is 0 Å². The number of anilines is 1. The van der Waals surface area contributed by atoms with Crippen LogP contribution in [-0.2, 0) is 19.1 Å². The maximum atomic E-state index is 10.4. The third-order valence-electron chi connectivity index (χ3n) is 12.1. The first-order chi connectivity index (χ1) is 31.4. The van der Waals surface area contributed by atoms with Crippen LogP contribution in [0.5, 0.6) is 0 Å². The lowest BCUT2D eigenvalue weighted by Gasteiger charge is -2.22. The molecule has 1 unspecified atom stereocenters. The highest BCUT2D eigenvalue weighted by Gasteiger charge is 2.13. The van der Waals surface area contributed by atoms with Gasteiger partial charge in [-0.05, 0) is 87.7 Å². The third-order valence-corrected chi connectivity index (χ3v) is 12.1. The van der Waals surface area contributed by atoms with Crippen LogP contribution in [0.2, 0.25) is 0 Å². The highest BCUT2D eigenvalue weighted by atomic mass is 16.6. The van der Waals surface area contributed by atoms with E-state index in [1.807, 2.05) is 19.7 Å². The minimum Gasteiger partial charge on any atom is -0.381 e. The number of nitrogens with zero attached hydrogens (tertiary/aromatic N) is 4. The molecule has 1 aromatic heterocycles. The van der Waals surface area contributed by atoms with Crippen LogP contribution < -0.4 is 11.2 Å². The number of aromatic nitrogens is 2. The molecule has 0 fully saturated rings. The van der Waals surface area contributed by atoms with Crippen LogP contribution >= 0.6 is 0 Å². The summed E-state index contributed by atoms with van der Waals surface area (Å²) in [5, 5.41) is 16.4. The Kier molecular flexibility index (Phi) is 52.9. The second-order valence-corrected chi connectivity index (χ2v) is 17.8. The summed E-state index contributed by atoms with van der Waals surface area (Å²) in [4.78, 5) is 27.6. The Balaban J connectivity index is 0. The van der Waals surface area contributed by atoms with E-state index in [2.05, 4.69) is 52.5 Å². The molecule has 0 aliphatic heterocycles. The standard InChI is InChI=1S/C22H40N6O4.C18H38O.C12H26O/c23-21-20(26-32-27-21)22(25-31)24-14-13-17-28(15-9-5-1-3-7-11-18-29)16-10-6-2-4-8-12-19-30;1-4-6-8-10-12-14-16-18(19-3)17-15-13-11-9-7-5-2;1-4-6-7-8-9-10-11-12(5-2)13-3/h18-19,31H,1-17H2,(H2,23,27)(H,24,25);18H,4-17H2,1-3H3;12H,4-11H2,1-3H3. The van der Waals surface area contributed by atoms with E-state index >= 15 is 0 Å². The van der Waals surface area contributed by atoms with Crippen molar-refractivity contribution in [2.24, 2.45) is 4.99 Å². The van der Waals surface area contributed by atoms with Crippen LogP contribution in [0.15, 0.2) is 9.62 Å². The molecule has 1 aromatic rings. The van der Waals surface area contributed by atoms with E-state index in [1.165, 1.54) is 161 Å². The summed E-state index contributed by atoms with van der Waals surface area (Å²) >= 11 is 0. The van der Waals surface area contributed by atoms with E-state index < -0.39 is 0 Å². The number of nitrogen functional groups attached to an aromatic ring is 1. The zero-order chi connectivity index (χ0) is 47.4. The molecule has 0 aromatic carbocycles. The van der Waals surface area contributed by atoms with E-state index in [0.29, 0.717) is 31.6 Å². The lowest BCUT2D eigenvalue weighted by Crippen LogP contribution is -2.28. The number of aliphatic imine (C=N–C) groups is 1. The molecule has 1 rings (SSSR count). The van der Waals surface area contributed by atoms with Gasteiger partial charge in [0.05, 0.1) is 12.2 Å². The van der Waals surface area contributed by atoms with Gasteiger partial charge in [0.25, 0.3) is 0 Å². The molecule has 64 heavy (non-hydrogen) atoms. The quantitative estimate of drug-likeness (QED) is 0.0187. The molecule has 12 nitrogen and oxygen atoms in total. The molecular formula is C52H104N6O6. The molecule has 378 valence electrons. The number of amidine groups is 1. The van der Waals surface area contributed by atoms with E-state index in [9.17, 15) is 14.8 Å². The van der Waals surface area contributed by atoms with E-state index in [1.54, 1.807) is 0 Å². The highest BCUT2D eigenvalue weighted by molar-refractivity contribution is 5.99. The lowest BCUT2D eigenvalue weighted by atomic mass is 10.0. The number of methoxy groups -OCH3 is 2. The number of unbranched alkanes of at least 4 members (excludes halogenated alkanes) is 25. The van der Waals surface area contributed by atoms with Crippen molar-refractivity contribution in [1.82, 2.24) is 20.7 Å². The third kappa shape index (κ3) is 43.5. The molecule has 0 saturated carbocycles. The predicted octanol–water partition coefficient (Wildman–Crippen LogP) is 13.8. The summed E-state index contributed by atoms with van der Waals surface area (Å²) < 4.78 is 15.5. The van der Waals surface area contributed by atoms with Gasteiger partial charge in [-0.3, -0.25) is 15.7 Å². The van der Waals surface area contributed by atoms with E-state index in [-0.39, 0.29) is 17.3 Å². The topological polar surface area (TPSA) is 165 Å². The van der Waals surface area contributed by atoms with Gasteiger partial charge in [-0.1, -0.05) is 182 Å². The molecule has 0 bridgehead atoms. The van der Waals surface area contributed by atoms with Crippen molar-refractivity contribution in [3.63, 3.8) is 0 Å². The van der Waals surface area contributed by atoms with Crippen molar-refractivity contribution in [2.45, 2.75) is 265 Å². The van der Waals surface area contributed by atoms with Crippen LogP contribution in [0.3, 0.4) is 0 Å². The minimum absolute atomic E-state index is 0.0770. The number of carbonyl (C=O) groups is 2.